The van der Waals surface area contributed by atoms with Crippen LogP contribution in [0.5, 0.6) is 0 Å². The van der Waals surface area contributed by atoms with Gasteiger partial charge in [0.25, 0.3) is 0 Å². The molecule has 0 radical (unpaired) electrons. The van der Waals surface area contributed by atoms with Crippen LogP contribution in [0.1, 0.15) is 42.1 Å². The summed E-state index contributed by atoms with van der Waals surface area (Å²) in [6.45, 7) is 4.32. The first kappa shape index (κ1) is 15.9. The number of benzene rings is 2. The number of allylic oxidation sites excluding steroid dienone is 2. The molecule has 2 heteroatoms. The van der Waals surface area contributed by atoms with Gasteiger partial charge in [0.15, 0.2) is 0 Å². The van der Waals surface area contributed by atoms with E-state index in [4.69, 9.17) is 4.98 Å². The minimum Gasteiger partial charge on any atom is -0.341 e. The summed E-state index contributed by atoms with van der Waals surface area (Å²) in [5, 5.41) is 0. The second-order valence-corrected chi connectivity index (χ2v) is 6.99. The molecule has 1 unspecified atom stereocenters. The first-order valence-corrected chi connectivity index (χ1v) is 9.10. The van der Waals surface area contributed by atoms with E-state index in [-0.39, 0.29) is 0 Å². The third kappa shape index (κ3) is 3.17. The van der Waals surface area contributed by atoms with Gasteiger partial charge in [-0.25, -0.2) is 4.98 Å². The summed E-state index contributed by atoms with van der Waals surface area (Å²) in [7, 11) is 0. The molecule has 1 aliphatic rings. The van der Waals surface area contributed by atoms with Crippen LogP contribution in [0.4, 0.5) is 0 Å². The molecule has 2 aromatic carbocycles. The largest absolute Gasteiger partial charge is 0.341 e. The summed E-state index contributed by atoms with van der Waals surface area (Å²) in [4.78, 5) is 8.72. The molecule has 3 aromatic rings. The van der Waals surface area contributed by atoms with Gasteiger partial charge in [0, 0.05) is 17.0 Å². The fourth-order valence-electron chi connectivity index (χ4n) is 3.54. The Balaban J connectivity index is 1.84. The lowest BCUT2D eigenvalue weighted by molar-refractivity contribution is 0.589. The normalized spacial score (nSPS) is 17.0. The Kier molecular flexibility index (Phi) is 4.27. The van der Waals surface area contributed by atoms with Crippen molar-refractivity contribution in [1.29, 1.82) is 0 Å². The average molecular weight is 328 g/mol. The SMILES string of the molecule is Cc1ccc(-c2nc(C3CC=CCC3)[nH]c2-c2ccccc2)cc1C. The van der Waals surface area contributed by atoms with E-state index < -0.39 is 0 Å². The van der Waals surface area contributed by atoms with Crippen LogP contribution in [0.15, 0.2) is 60.7 Å². The summed E-state index contributed by atoms with van der Waals surface area (Å²) in [6.07, 6.45) is 7.96. The summed E-state index contributed by atoms with van der Waals surface area (Å²) < 4.78 is 0. The van der Waals surface area contributed by atoms with Crippen LogP contribution in [0.3, 0.4) is 0 Å². The fourth-order valence-corrected chi connectivity index (χ4v) is 3.54. The van der Waals surface area contributed by atoms with Gasteiger partial charge in [-0.05, 0) is 50.3 Å². The molecule has 0 bridgehead atoms. The van der Waals surface area contributed by atoms with Gasteiger partial charge < -0.3 is 4.98 Å². The number of nitrogens with one attached hydrogen (secondary N) is 1. The minimum atomic E-state index is 0.493. The van der Waals surface area contributed by atoms with Gasteiger partial charge in [0.05, 0.1) is 11.4 Å². The highest BCUT2D eigenvalue weighted by Gasteiger charge is 2.20. The molecule has 25 heavy (non-hydrogen) atoms. The molecule has 2 nitrogen and oxygen atoms in total. The van der Waals surface area contributed by atoms with Crippen molar-refractivity contribution in [3.8, 4) is 22.5 Å². The molecular formula is C23H24N2. The van der Waals surface area contributed by atoms with Gasteiger partial charge >= 0.3 is 0 Å². The lowest BCUT2D eigenvalue weighted by Gasteiger charge is -2.14. The molecular weight excluding hydrogens is 304 g/mol. The van der Waals surface area contributed by atoms with Crippen molar-refractivity contribution in [3.63, 3.8) is 0 Å². The Morgan fingerprint density at radius 2 is 1.76 bits per heavy atom. The standard InChI is InChI=1S/C23H24N2/c1-16-13-14-20(15-17(16)2)22-21(18-9-5-3-6-10-18)24-23(25-22)19-11-7-4-8-12-19/h3-7,9-10,13-15,19H,8,11-12H2,1-2H3,(H,24,25). The Morgan fingerprint density at radius 3 is 2.48 bits per heavy atom. The maximum absolute atomic E-state index is 5.06. The lowest BCUT2D eigenvalue weighted by atomic mass is 9.94. The number of rotatable bonds is 3. The first-order chi connectivity index (χ1) is 12.2. The number of aromatic nitrogens is 2. The Labute approximate surface area is 149 Å². The predicted molar refractivity (Wildman–Crippen MR) is 105 cm³/mol. The Hall–Kier alpha value is -2.61. The maximum atomic E-state index is 5.06. The van der Waals surface area contributed by atoms with E-state index in [2.05, 4.69) is 79.5 Å². The zero-order valence-corrected chi connectivity index (χ0v) is 14.9. The zero-order chi connectivity index (χ0) is 17.2. The van der Waals surface area contributed by atoms with Crippen LogP contribution in [0.2, 0.25) is 0 Å². The van der Waals surface area contributed by atoms with Crippen molar-refractivity contribution in [1.82, 2.24) is 9.97 Å². The van der Waals surface area contributed by atoms with E-state index in [9.17, 15) is 0 Å². The molecule has 1 aromatic heterocycles. The van der Waals surface area contributed by atoms with E-state index >= 15 is 0 Å². The van der Waals surface area contributed by atoms with E-state index in [1.807, 2.05) is 0 Å². The number of nitrogens with zero attached hydrogens (tertiary/aromatic N) is 1. The number of aromatic amines is 1. The number of aryl methyl sites for hydroxylation is 2. The molecule has 0 fully saturated rings. The van der Waals surface area contributed by atoms with Gasteiger partial charge in [-0.2, -0.15) is 0 Å². The number of H-pyrrole nitrogens is 1. The van der Waals surface area contributed by atoms with Gasteiger partial charge in [-0.3, -0.25) is 0 Å². The molecule has 1 atom stereocenters. The number of imidazole rings is 1. The van der Waals surface area contributed by atoms with Gasteiger partial charge in [0.1, 0.15) is 5.82 Å². The van der Waals surface area contributed by atoms with Gasteiger partial charge in [-0.15, -0.1) is 0 Å². The highest BCUT2D eigenvalue weighted by atomic mass is 14.9. The van der Waals surface area contributed by atoms with Crippen LogP contribution < -0.4 is 0 Å². The second kappa shape index (κ2) is 6.72. The van der Waals surface area contributed by atoms with Crippen LogP contribution in [0, 0.1) is 13.8 Å². The molecule has 0 aliphatic heterocycles. The van der Waals surface area contributed by atoms with E-state index in [1.54, 1.807) is 0 Å². The van der Waals surface area contributed by atoms with Crippen molar-refractivity contribution in [2.24, 2.45) is 0 Å². The molecule has 1 aliphatic carbocycles. The smallest absolute Gasteiger partial charge is 0.110 e. The van der Waals surface area contributed by atoms with Crippen molar-refractivity contribution in [3.05, 3.63) is 77.6 Å². The van der Waals surface area contributed by atoms with Crippen molar-refractivity contribution < 1.29 is 0 Å². The third-order valence-corrected chi connectivity index (χ3v) is 5.22. The van der Waals surface area contributed by atoms with Gasteiger partial charge in [-0.1, -0.05) is 54.6 Å². The van der Waals surface area contributed by atoms with Gasteiger partial charge in [0.2, 0.25) is 0 Å². The molecule has 0 saturated heterocycles. The molecule has 126 valence electrons. The highest BCUT2D eigenvalue weighted by Crippen LogP contribution is 2.35. The van der Waals surface area contributed by atoms with Crippen molar-refractivity contribution >= 4 is 0 Å². The van der Waals surface area contributed by atoms with Crippen molar-refractivity contribution in [2.75, 3.05) is 0 Å². The summed E-state index contributed by atoms with van der Waals surface area (Å²) in [5.41, 5.74) is 7.21. The highest BCUT2D eigenvalue weighted by molar-refractivity contribution is 5.79. The summed E-state index contributed by atoms with van der Waals surface area (Å²) in [5.74, 6) is 1.61. The van der Waals surface area contributed by atoms with Crippen molar-refractivity contribution in [2.45, 2.75) is 39.0 Å². The number of hydrogen-bond acceptors (Lipinski definition) is 1. The maximum Gasteiger partial charge on any atom is 0.110 e. The Morgan fingerprint density at radius 1 is 0.920 bits per heavy atom. The second-order valence-electron chi connectivity index (χ2n) is 6.99. The molecule has 0 spiro atoms. The predicted octanol–water partition coefficient (Wildman–Crippen LogP) is 6.18. The van der Waals surface area contributed by atoms with Crippen LogP contribution >= 0.6 is 0 Å². The molecule has 1 heterocycles. The summed E-state index contributed by atoms with van der Waals surface area (Å²) in [6, 6.07) is 17.2. The van der Waals surface area contributed by atoms with Crippen LogP contribution in [-0.2, 0) is 0 Å². The van der Waals surface area contributed by atoms with E-state index in [1.165, 1.54) is 28.7 Å². The quantitative estimate of drug-likeness (QED) is 0.571. The number of hydrogen-bond donors (Lipinski definition) is 1. The molecule has 0 saturated carbocycles. The average Bonchev–Trinajstić information content (AvgIpc) is 3.11. The molecule has 1 N–H and O–H groups in total. The lowest BCUT2D eigenvalue weighted by Crippen LogP contribution is -2.02. The monoisotopic (exact) mass is 328 g/mol. The minimum absolute atomic E-state index is 0.493. The van der Waals surface area contributed by atoms with Crippen LogP contribution in [-0.4, -0.2) is 9.97 Å². The zero-order valence-electron chi connectivity index (χ0n) is 14.9. The Bertz CT molecular complexity index is 903. The topological polar surface area (TPSA) is 28.7 Å². The van der Waals surface area contributed by atoms with Crippen LogP contribution in [0.25, 0.3) is 22.5 Å². The van der Waals surface area contributed by atoms with E-state index in [0.717, 1.165) is 30.1 Å². The third-order valence-electron chi connectivity index (χ3n) is 5.22. The molecule has 4 rings (SSSR count). The fraction of sp³-hybridized carbons (Fsp3) is 0.261. The first-order valence-electron chi connectivity index (χ1n) is 9.10. The van der Waals surface area contributed by atoms with E-state index in [0.29, 0.717) is 5.92 Å². The summed E-state index contributed by atoms with van der Waals surface area (Å²) >= 11 is 0. The molecule has 0 amide bonds.